The molecule has 2 N–H and O–H groups in total. The van der Waals surface area contributed by atoms with Gasteiger partial charge in [-0.25, -0.2) is 0 Å². The van der Waals surface area contributed by atoms with E-state index < -0.39 is 0 Å². The van der Waals surface area contributed by atoms with Crippen LogP contribution in [0.2, 0.25) is 5.02 Å². The van der Waals surface area contributed by atoms with E-state index >= 15 is 0 Å². The van der Waals surface area contributed by atoms with Crippen LogP contribution in [0.25, 0.3) is 0 Å². The number of piperazine rings is 1. The van der Waals surface area contributed by atoms with Gasteiger partial charge in [0.2, 0.25) is 0 Å². The van der Waals surface area contributed by atoms with Gasteiger partial charge in [-0.15, -0.1) is 0 Å². The van der Waals surface area contributed by atoms with Crippen molar-refractivity contribution >= 4 is 11.6 Å². The van der Waals surface area contributed by atoms with Gasteiger partial charge in [0.05, 0.1) is 6.04 Å². The highest BCUT2D eigenvalue weighted by atomic mass is 35.5. The number of hydrogen-bond donors (Lipinski definition) is 2. The van der Waals surface area contributed by atoms with Crippen molar-refractivity contribution in [3.63, 3.8) is 0 Å². The van der Waals surface area contributed by atoms with Crippen LogP contribution in [-0.4, -0.2) is 32.2 Å². The summed E-state index contributed by atoms with van der Waals surface area (Å²) in [6.07, 6.45) is 1.29. The molecule has 1 aliphatic rings. The van der Waals surface area contributed by atoms with Gasteiger partial charge in [0, 0.05) is 10.6 Å². The SMILES string of the molecule is CC[C@H](C)[NH+]1CC[NH+](Cc2cccc(Cl)c2)CC1. The highest BCUT2D eigenvalue weighted by molar-refractivity contribution is 6.30. The summed E-state index contributed by atoms with van der Waals surface area (Å²) in [5, 5.41) is 0.857. The van der Waals surface area contributed by atoms with Gasteiger partial charge in [0.15, 0.2) is 0 Å². The van der Waals surface area contributed by atoms with Crippen molar-refractivity contribution in [2.45, 2.75) is 32.9 Å². The minimum Gasteiger partial charge on any atom is -0.323 e. The van der Waals surface area contributed by atoms with E-state index in [4.69, 9.17) is 11.6 Å². The molecule has 0 amide bonds. The predicted octanol–water partition coefficient (Wildman–Crippen LogP) is 0.422. The van der Waals surface area contributed by atoms with Crippen LogP contribution in [0, 0.1) is 0 Å². The number of halogens is 1. The smallest absolute Gasteiger partial charge is 0.127 e. The summed E-state index contributed by atoms with van der Waals surface area (Å²) in [7, 11) is 0. The van der Waals surface area contributed by atoms with Crippen LogP contribution in [0.5, 0.6) is 0 Å². The number of hydrogen-bond acceptors (Lipinski definition) is 0. The molecule has 2 rings (SSSR count). The van der Waals surface area contributed by atoms with E-state index in [9.17, 15) is 0 Å². The minimum absolute atomic E-state index is 0.817. The quantitative estimate of drug-likeness (QED) is 0.784. The molecule has 1 atom stereocenters. The van der Waals surface area contributed by atoms with Gasteiger partial charge in [0.1, 0.15) is 32.7 Å². The lowest BCUT2D eigenvalue weighted by Crippen LogP contribution is -3.29. The lowest BCUT2D eigenvalue weighted by Gasteiger charge is -2.33. The van der Waals surface area contributed by atoms with Gasteiger partial charge in [-0.1, -0.05) is 30.7 Å². The van der Waals surface area contributed by atoms with E-state index in [0.29, 0.717) is 0 Å². The molecule has 0 saturated carbocycles. The molecule has 1 aromatic carbocycles. The molecule has 1 aliphatic heterocycles. The first-order valence-corrected chi connectivity index (χ1v) is 7.49. The van der Waals surface area contributed by atoms with Crippen LogP contribution < -0.4 is 9.80 Å². The van der Waals surface area contributed by atoms with Crippen LogP contribution in [0.1, 0.15) is 25.8 Å². The van der Waals surface area contributed by atoms with Crippen LogP contribution in [0.15, 0.2) is 24.3 Å². The first kappa shape index (κ1) is 13.9. The Hall–Kier alpha value is -0.570. The molecule has 0 aromatic heterocycles. The molecule has 100 valence electrons. The Morgan fingerprint density at radius 1 is 1.22 bits per heavy atom. The molecule has 1 heterocycles. The van der Waals surface area contributed by atoms with Gasteiger partial charge < -0.3 is 9.80 Å². The van der Waals surface area contributed by atoms with Crippen molar-refractivity contribution in [3.05, 3.63) is 34.9 Å². The number of benzene rings is 1. The van der Waals surface area contributed by atoms with Crippen LogP contribution in [0.4, 0.5) is 0 Å². The van der Waals surface area contributed by atoms with Crippen molar-refractivity contribution in [1.29, 1.82) is 0 Å². The number of rotatable bonds is 4. The normalized spacial score (nSPS) is 25.9. The van der Waals surface area contributed by atoms with Gasteiger partial charge in [-0.05, 0) is 25.5 Å². The number of quaternary nitrogens is 2. The average molecular weight is 269 g/mol. The zero-order valence-electron chi connectivity index (χ0n) is 11.5. The maximum atomic E-state index is 6.03. The Morgan fingerprint density at radius 2 is 1.94 bits per heavy atom. The van der Waals surface area contributed by atoms with Gasteiger partial charge in [0.25, 0.3) is 0 Å². The summed E-state index contributed by atoms with van der Waals surface area (Å²) in [4.78, 5) is 3.48. The van der Waals surface area contributed by atoms with Crippen LogP contribution in [-0.2, 0) is 6.54 Å². The van der Waals surface area contributed by atoms with Gasteiger partial charge in [-0.2, -0.15) is 0 Å². The molecule has 1 fully saturated rings. The van der Waals surface area contributed by atoms with E-state index in [2.05, 4.69) is 32.0 Å². The van der Waals surface area contributed by atoms with E-state index in [1.807, 2.05) is 6.07 Å². The van der Waals surface area contributed by atoms with Crippen LogP contribution in [0.3, 0.4) is 0 Å². The van der Waals surface area contributed by atoms with Crippen molar-refractivity contribution in [2.75, 3.05) is 26.2 Å². The van der Waals surface area contributed by atoms with Crippen LogP contribution >= 0.6 is 11.6 Å². The molecule has 0 spiro atoms. The first-order valence-electron chi connectivity index (χ1n) is 7.11. The van der Waals surface area contributed by atoms with E-state index in [1.54, 1.807) is 9.80 Å². The third-order valence-corrected chi connectivity index (χ3v) is 4.49. The van der Waals surface area contributed by atoms with Crippen molar-refractivity contribution < 1.29 is 9.80 Å². The van der Waals surface area contributed by atoms with Crippen molar-refractivity contribution in [1.82, 2.24) is 0 Å². The molecule has 0 bridgehead atoms. The second-order valence-electron chi connectivity index (χ2n) is 5.52. The average Bonchev–Trinajstić information content (AvgIpc) is 2.39. The number of nitrogens with one attached hydrogen (secondary N) is 2. The van der Waals surface area contributed by atoms with E-state index in [0.717, 1.165) is 17.6 Å². The summed E-state index contributed by atoms with van der Waals surface area (Å²) in [5.41, 5.74) is 1.37. The predicted molar refractivity (Wildman–Crippen MR) is 76.3 cm³/mol. The molecule has 3 heteroatoms. The fourth-order valence-corrected chi connectivity index (χ4v) is 3.03. The third kappa shape index (κ3) is 3.71. The molecule has 18 heavy (non-hydrogen) atoms. The zero-order chi connectivity index (χ0) is 13.0. The molecular formula is C15H25ClN2+2. The highest BCUT2D eigenvalue weighted by Crippen LogP contribution is 2.09. The Labute approximate surface area is 116 Å². The maximum Gasteiger partial charge on any atom is 0.127 e. The molecule has 1 aromatic rings. The lowest BCUT2D eigenvalue weighted by atomic mass is 10.1. The molecule has 1 saturated heterocycles. The molecule has 0 aliphatic carbocycles. The Bertz CT molecular complexity index is 373. The molecular weight excluding hydrogens is 244 g/mol. The minimum atomic E-state index is 0.817. The Kier molecular flexibility index (Phi) is 5.04. The maximum absolute atomic E-state index is 6.03. The fourth-order valence-electron chi connectivity index (χ4n) is 2.82. The second-order valence-corrected chi connectivity index (χ2v) is 5.96. The third-order valence-electron chi connectivity index (χ3n) is 4.25. The zero-order valence-corrected chi connectivity index (χ0v) is 12.3. The van der Waals surface area contributed by atoms with Crippen molar-refractivity contribution in [2.24, 2.45) is 0 Å². The lowest BCUT2D eigenvalue weighted by molar-refractivity contribution is -1.03. The Balaban J connectivity index is 1.83. The molecule has 0 unspecified atom stereocenters. The standard InChI is InChI=1S/C15H23ClN2/c1-3-13(2)18-9-7-17(8-10-18)12-14-5-4-6-15(16)11-14/h4-6,11,13H,3,7-10,12H2,1-2H3/p+2/t13-/m0/s1. The summed E-state index contributed by atoms with van der Waals surface area (Å²) in [5.74, 6) is 0. The monoisotopic (exact) mass is 268 g/mol. The summed E-state index contributed by atoms with van der Waals surface area (Å²) < 4.78 is 0. The molecule has 2 nitrogen and oxygen atoms in total. The second kappa shape index (κ2) is 6.55. The summed E-state index contributed by atoms with van der Waals surface area (Å²) in [6.45, 7) is 11.0. The summed E-state index contributed by atoms with van der Waals surface area (Å²) in [6, 6.07) is 9.11. The van der Waals surface area contributed by atoms with Gasteiger partial charge in [-0.3, -0.25) is 0 Å². The Morgan fingerprint density at radius 3 is 2.56 bits per heavy atom. The van der Waals surface area contributed by atoms with E-state index in [1.165, 1.54) is 38.2 Å². The fraction of sp³-hybridized carbons (Fsp3) is 0.600. The van der Waals surface area contributed by atoms with Crippen molar-refractivity contribution in [3.8, 4) is 0 Å². The first-order chi connectivity index (χ1) is 8.69. The molecule has 0 radical (unpaired) electrons. The largest absolute Gasteiger partial charge is 0.323 e. The van der Waals surface area contributed by atoms with Gasteiger partial charge >= 0.3 is 0 Å². The van der Waals surface area contributed by atoms with E-state index in [-0.39, 0.29) is 0 Å². The highest BCUT2D eigenvalue weighted by Gasteiger charge is 2.25. The summed E-state index contributed by atoms with van der Waals surface area (Å²) >= 11 is 6.03. The topological polar surface area (TPSA) is 8.88 Å².